The summed E-state index contributed by atoms with van der Waals surface area (Å²) in [4.78, 5) is 0. The van der Waals surface area contributed by atoms with Gasteiger partial charge in [-0.25, -0.2) is 0 Å². The predicted octanol–water partition coefficient (Wildman–Crippen LogP) is 5.08. The Labute approximate surface area is 136 Å². The van der Waals surface area contributed by atoms with Crippen LogP contribution in [-0.2, 0) is 5.41 Å². The minimum absolute atomic E-state index is 0.307. The third-order valence-electron chi connectivity index (χ3n) is 4.91. The molecule has 0 aliphatic heterocycles. The summed E-state index contributed by atoms with van der Waals surface area (Å²) >= 11 is 0. The molecule has 1 saturated carbocycles. The van der Waals surface area contributed by atoms with Gasteiger partial charge in [0, 0.05) is 24.4 Å². The monoisotopic (exact) mass is 298 g/mol. The molecule has 0 radical (unpaired) electrons. The second-order valence-electron chi connectivity index (χ2n) is 6.81. The normalized spacial score (nSPS) is 22.9. The van der Waals surface area contributed by atoms with Gasteiger partial charge in [0.2, 0.25) is 0 Å². The molecular weight excluding hydrogens is 268 g/mol. The van der Waals surface area contributed by atoms with Crippen LogP contribution in [0.2, 0.25) is 0 Å². The number of aliphatic hydroxyl groups excluding tert-OH is 1. The highest BCUT2D eigenvalue weighted by Gasteiger charge is 2.50. The number of unbranched alkanes of at least 4 members (excludes halogenated alkanes) is 7. The summed E-state index contributed by atoms with van der Waals surface area (Å²) in [5.74, 6) is 7.45. The number of rotatable bonds is 9. The SMILES string of the molecule is C[C@@]1(c2ccccc2)C[C@H]1C#CCCCCCCCCCO. The first-order chi connectivity index (χ1) is 10.8. The first kappa shape index (κ1) is 17.1. The van der Waals surface area contributed by atoms with Crippen LogP contribution in [0.25, 0.3) is 0 Å². The Kier molecular flexibility index (Phi) is 7.00. The summed E-state index contributed by atoms with van der Waals surface area (Å²) < 4.78 is 0. The number of aliphatic hydroxyl groups is 1. The molecule has 120 valence electrons. The fraction of sp³-hybridized carbons (Fsp3) is 0.619. The summed E-state index contributed by atoms with van der Waals surface area (Å²) in [5, 5.41) is 8.71. The fourth-order valence-electron chi connectivity index (χ4n) is 3.12. The molecule has 1 aliphatic carbocycles. The molecule has 0 unspecified atom stereocenters. The summed E-state index contributed by atoms with van der Waals surface area (Å²) in [6.45, 7) is 2.69. The van der Waals surface area contributed by atoms with E-state index in [9.17, 15) is 0 Å². The Morgan fingerprint density at radius 2 is 1.64 bits per heavy atom. The van der Waals surface area contributed by atoms with Crippen LogP contribution in [0, 0.1) is 17.8 Å². The van der Waals surface area contributed by atoms with E-state index in [1.807, 2.05) is 0 Å². The molecule has 1 aliphatic rings. The van der Waals surface area contributed by atoms with E-state index < -0.39 is 0 Å². The van der Waals surface area contributed by atoms with Crippen LogP contribution >= 0.6 is 0 Å². The quantitative estimate of drug-likeness (QED) is 0.498. The summed E-state index contributed by atoms with van der Waals surface area (Å²) in [5.41, 5.74) is 1.75. The lowest BCUT2D eigenvalue weighted by Gasteiger charge is -2.08. The zero-order valence-electron chi connectivity index (χ0n) is 14.0. The van der Waals surface area contributed by atoms with Crippen LogP contribution in [0.5, 0.6) is 0 Å². The van der Waals surface area contributed by atoms with Crippen LogP contribution in [0.3, 0.4) is 0 Å². The van der Waals surface area contributed by atoms with Crippen LogP contribution < -0.4 is 0 Å². The minimum Gasteiger partial charge on any atom is -0.396 e. The molecule has 0 bridgehead atoms. The lowest BCUT2D eigenvalue weighted by molar-refractivity contribution is 0.282. The first-order valence-corrected chi connectivity index (χ1v) is 8.92. The second-order valence-corrected chi connectivity index (χ2v) is 6.81. The molecular formula is C21H30O. The van der Waals surface area contributed by atoms with Gasteiger partial charge in [-0.15, -0.1) is 5.92 Å². The maximum absolute atomic E-state index is 8.71. The standard InChI is InChI=1S/C21H30O/c1-21(19-14-11-9-12-15-19)18-20(21)16-10-7-5-3-2-4-6-8-13-17-22/h9,11-12,14-15,20,22H,2-8,13,17-18H2,1H3/t20-,21+/m1/s1. The van der Waals surface area contributed by atoms with Gasteiger partial charge in [-0.05, 0) is 24.8 Å². The molecule has 0 amide bonds. The minimum atomic E-state index is 0.307. The average Bonchev–Trinajstić information content (AvgIpc) is 3.22. The molecule has 1 aromatic rings. The van der Waals surface area contributed by atoms with Crippen molar-refractivity contribution in [2.75, 3.05) is 6.61 Å². The predicted molar refractivity (Wildman–Crippen MR) is 93.7 cm³/mol. The van der Waals surface area contributed by atoms with Crippen molar-refractivity contribution in [3.8, 4) is 11.8 Å². The van der Waals surface area contributed by atoms with Crippen molar-refractivity contribution in [3.05, 3.63) is 35.9 Å². The molecule has 0 saturated heterocycles. The van der Waals surface area contributed by atoms with Crippen molar-refractivity contribution in [1.29, 1.82) is 0 Å². The van der Waals surface area contributed by atoms with Crippen LogP contribution in [0.15, 0.2) is 30.3 Å². The van der Waals surface area contributed by atoms with Gasteiger partial charge in [-0.3, -0.25) is 0 Å². The van der Waals surface area contributed by atoms with Gasteiger partial charge in [-0.1, -0.05) is 75.3 Å². The van der Waals surface area contributed by atoms with Crippen molar-refractivity contribution < 1.29 is 5.11 Å². The van der Waals surface area contributed by atoms with Gasteiger partial charge in [0.15, 0.2) is 0 Å². The Morgan fingerprint density at radius 1 is 1.00 bits per heavy atom. The maximum atomic E-state index is 8.71. The maximum Gasteiger partial charge on any atom is 0.0431 e. The molecule has 0 heterocycles. The van der Waals surface area contributed by atoms with Gasteiger partial charge < -0.3 is 5.11 Å². The second kappa shape index (κ2) is 9.01. The fourth-order valence-corrected chi connectivity index (χ4v) is 3.12. The highest BCUT2D eigenvalue weighted by Crippen LogP contribution is 2.53. The lowest BCUT2D eigenvalue weighted by atomic mass is 9.96. The van der Waals surface area contributed by atoms with E-state index >= 15 is 0 Å². The third-order valence-corrected chi connectivity index (χ3v) is 4.91. The Hall–Kier alpha value is -1.26. The molecule has 1 N–H and O–H groups in total. The van der Waals surface area contributed by atoms with E-state index in [4.69, 9.17) is 5.11 Å². The van der Waals surface area contributed by atoms with Crippen molar-refractivity contribution in [2.45, 2.75) is 70.1 Å². The van der Waals surface area contributed by atoms with Crippen molar-refractivity contribution in [1.82, 2.24) is 0 Å². The first-order valence-electron chi connectivity index (χ1n) is 8.92. The van der Waals surface area contributed by atoms with Crippen LogP contribution in [0.1, 0.15) is 70.3 Å². The van der Waals surface area contributed by atoms with E-state index in [0.717, 1.165) is 12.8 Å². The topological polar surface area (TPSA) is 20.2 Å². The summed E-state index contributed by atoms with van der Waals surface area (Å²) in [6.07, 6.45) is 10.8. The highest BCUT2D eigenvalue weighted by molar-refractivity contribution is 5.37. The third kappa shape index (κ3) is 5.18. The zero-order chi connectivity index (χ0) is 15.7. The zero-order valence-corrected chi connectivity index (χ0v) is 14.0. The summed E-state index contributed by atoms with van der Waals surface area (Å²) in [6, 6.07) is 10.8. The summed E-state index contributed by atoms with van der Waals surface area (Å²) in [7, 11) is 0. The van der Waals surface area contributed by atoms with E-state index in [0.29, 0.717) is 17.9 Å². The van der Waals surface area contributed by atoms with Gasteiger partial charge >= 0.3 is 0 Å². The molecule has 1 heteroatoms. The Bertz CT molecular complexity index is 482. The highest BCUT2D eigenvalue weighted by atomic mass is 16.2. The largest absolute Gasteiger partial charge is 0.396 e. The average molecular weight is 298 g/mol. The van der Waals surface area contributed by atoms with Crippen molar-refractivity contribution in [2.24, 2.45) is 5.92 Å². The van der Waals surface area contributed by atoms with E-state index in [1.165, 1.54) is 50.5 Å². The van der Waals surface area contributed by atoms with Crippen molar-refractivity contribution >= 4 is 0 Å². The van der Waals surface area contributed by atoms with Gasteiger partial charge in [0.05, 0.1) is 0 Å². The number of hydrogen-bond acceptors (Lipinski definition) is 1. The Balaban J connectivity index is 1.55. The molecule has 2 rings (SSSR count). The molecule has 1 aromatic carbocycles. The van der Waals surface area contributed by atoms with Crippen LogP contribution in [0.4, 0.5) is 0 Å². The number of hydrogen-bond donors (Lipinski definition) is 1. The lowest BCUT2D eigenvalue weighted by Crippen LogP contribution is -2.02. The molecule has 22 heavy (non-hydrogen) atoms. The number of benzene rings is 1. The molecule has 2 atom stereocenters. The Morgan fingerprint density at radius 3 is 2.32 bits per heavy atom. The van der Waals surface area contributed by atoms with Gasteiger partial charge in [-0.2, -0.15) is 0 Å². The molecule has 0 aromatic heterocycles. The van der Waals surface area contributed by atoms with E-state index in [1.54, 1.807) is 0 Å². The molecule has 1 nitrogen and oxygen atoms in total. The van der Waals surface area contributed by atoms with E-state index in [2.05, 4.69) is 49.1 Å². The molecule has 1 fully saturated rings. The van der Waals surface area contributed by atoms with Gasteiger partial charge in [0.25, 0.3) is 0 Å². The van der Waals surface area contributed by atoms with Crippen LogP contribution in [-0.4, -0.2) is 11.7 Å². The smallest absolute Gasteiger partial charge is 0.0431 e. The van der Waals surface area contributed by atoms with E-state index in [-0.39, 0.29) is 0 Å². The van der Waals surface area contributed by atoms with Gasteiger partial charge in [0.1, 0.15) is 0 Å². The molecule has 0 spiro atoms. The van der Waals surface area contributed by atoms with Crippen molar-refractivity contribution in [3.63, 3.8) is 0 Å².